The molecule has 300 valence electrons. The molecule has 9 rings (SSSR count). The van der Waals surface area contributed by atoms with Gasteiger partial charge in [0.2, 0.25) is 12.7 Å². The standard InChI is InChI=1S/C57H49BN4/c1-38-33-40(3)53(41(4)34-38)58(54-42(5)35-39(2)36-43(54)6)49-29-31-50(32-30-49)62(52-28-17-16-27-51(52)45-21-12-8-13-22-45)57-60-55(46-23-14-9-15-24-46)59-56(61-57)48-26-18-25-47(37-48)44-19-10-7-11-20-44/h7-37H,1-6H3. The number of aromatic nitrogens is 3. The summed E-state index contributed by atoms with van der Waals surface area (Å²) in [4.78, 5) is 18.0. The summed E-state index contributed by atoms with van der Waals surface area (Å²) in [5.74, 6) is 1.73. The van der Waals surface area contributed by atoms with E-state index in [1.54, 1.807) is 0 Å². The van der Waals surface area contributed by atoms with Crippen molar-refractivity contribution >= 4 is 40.4 Å². The van der Waals surface area contributed by atoms with Crippen molar-refractivity contribution in [2.75, 3.05) is 4.90 Å². The summed E-state index contributed by atoms with van der Waals surface area (Å²) < 4.78 is 0. The van der Waals surface area contributed by atoms with Crippen LogP contribution in [0.2, 0.25) is 0 Å². The Balaban J connectivity index is 1.27. The van der Waals surface area contributed by atoms with E-state index in [1.165, 1.54) is 49.8 Å². The van der Waals surface area contributed by atoms with Crippen LogP contribution in [0.5, 0.6) is 0 Å². The second-order valence-corrected chi connectivity index (χ2v) is 16.5. The third-order valence-electron chi connectivity index (χ3n) is 11.9. The molecule has 0 aliphatic heterocycles. The van der Waals surface area contributed by atoms with Crippen LogP contribution in [0.4, 0.5) is 17.3 Å². The van der Waals surface area contributed by atoms with Crippen molar-refractivity contribution in [1.29, 1.82) is 0 Å². The van der Waals surface area contributed by atoms with Gasteiger partial charge in [0, 0.05) is 22.4 Å². The van der Waals surface area contributed by atoms with E-state index >= 15 is 0 Å². The molecular formula is C57H49BN4. The second-order valence-electron chi connectivity index (χ2n) is 16.5. The minimum absolute atomic E-state index is 0.0423. The lowest BCUT2D eigenvalue weighted by Crippen LogP contribution is -2.55. The molecule has 0 N–H and O–H groups in total. The Labute approximate surface area is 366 Å². The van der Waals surface area contributed by atoms with Crippen LogP contribution in [0.25, 0.3) is 45.0 Å². The lowest BCUT2D eigenvalue weighted by Gasteiger charge is -2.28. The highest BCUT2D eigenvalue weighted by Crippen LogP contribution is 2.40. The van der Waals surface area contributed by atoms with Gasteiger partial charge in [-0.1, -0.05) is 214 Å². The molecule has 0 saturated heterocycles. The van der Waals surface area contributed by atoms with Crippen molar-refractivity contribution in [3.05, 3.63) is 221 Å². The number of anilines is 3. The molecule has 0 saturated carbocycles. The molecule has 1 aromatic heterocycles. The van der Waals surface area contributed by atoms with Gasteiger partial charge in [0.15, 0.2) is 11.6 Å². The molecule has 0 amide bonds. The topological polar surface area (TPSA) is 41.9 Å². The Kier molecular flexibility index (Phi) is 11.2. The quantitative estimate of drug-likeness (QED) is 0.129. The maximum absolute atomic E-state index is 5.37. The number of para-hydroxylation sites is 1. The first-order chi connectivity index (χ1) is 30.2. The molecule has 0 bridgehead atoms. The van der Waals surface area contributed by atoms with E-state index in [0.29, 0.717) is 17.6 Å². The number of hydrogen-bond acceptors (Lipinski definition) is 4. The summed E-state index contributed by atoms with van der Waals surface area (Å²) in [6.45, 7) is 13.5. The largest absolute Gasteiger partial charge is 0.278 e. The summed E-state index contributed by atoms with van der Waals surface area (Å²) in [6, 6.07) is 66.6. The summed E-state index contributed by atoms with van der Waals surface area (Å²) >= 11 is 0. The molecule has 0 unspecified atom stereocenters. The number of nitrogens with zero attached hydrogens (tertiary/aromatic N) is 4. The van der Waals surface area contributed by atoms with Gasteiger partial charge < -0.3 is 0 Å². The van der Waals surface area contributed by atoms with Gasteiger partial charge in [0.1, 0.15) is 0 Å². The van der Waals surface area contributed by atoms with Crippen molar-refractivity contribution in [3.8, 4) is 45.0 Å². The molecule has 5 heteroatoms. The SMILES string of the molecule is Cc1cc(C)c(B(c2ccc(N(c3nc(-c4ccccc4)nc(-c4cccc(-c5ccccc5)c4)n3)c3ccccc3-c3ccccc3)cc2)c2c(C)cc(C)cc2C)c(C)c1. The van der Waals surface area contributed by atoms with Gasteiger partial charge in [-0.3, -0.25) is 4.90 Å². The Hall–Kier alpha value is -7.37. The van der Waals surface area contributed by atoms with Crippen molar-refractivity contribution < 1.29 is 0 Å². The van der Waals surface area contributed by atoms with Crippen molar-refractivity contribution in [3.63, 3.8) is 0 Å². The third-order valence-corrected chi connectivity index (χ3v) is 11.9. The molecule has 9 aromatic rings. The fraction of sp³-hybridized carbons (Fsp3) is 0.105. The molecule has 0 aliphatic carbocycles. The summed E-state index contributed by atoms with van der Waals surface area (Å²) in [5, 5.41) is 0. The Bertz CT molecular complexity index is 2910. The normalized spacial score (nSPS) is 11.1. The van der Waals surface area contributed by atoms with Gasteiger partial charge in [0.05, 0.1) is 5.69 Å². The number of aryl methyl sites for hydroxylation is 6. The van der Waals surface area contributed by atoms with Crippen LogP contribution < -0.4 is 21.3 Å². The molecule has 0 aliphatic rings. The highest BCUT2D eigenvalue weighted by molar-refractivity contribution is 6.96. The van der Waals surface area contributed by atoms with E-state index in [9.17, 15) is 0 Å². The molecule has 1 heterocycles. The second kappa shape index (κ2) is 17.3. The van der Waals surface area contributed by atoms with Gasteiger partial charge in [-0.25, -0.2) is 4.98 Å². The van der Waals surface area contributed by atoms with Crippen LogP contribution in [-0.2, 0) is 0 Å². The number of hydrogen-bond donors (Lipinski definition) is 0. The van der Waals surface area contributed by atoms with Gasteiger partial charge in [-0.05, 0) is 82.5 Å². The molecule has 0 atom stereocenters. The van der Waals surface area contributed by atoms with Crippen LogP contribution in [0.1, 0.15) is 33.4 Å². The zero-order valence-corrected chi connectivity index (χ0v) is 36.3. The minimum Gasteiger partial charge on any atom is -0.278 e. The summed E-state index contributed by atoms with van der Waals surface area (Å²) in [6.07, 6.45) is 0. The highest BCUT2D eigenvalue weighted by atomic mass is 15.3. The Morgan fingerprint density at radius 2 is 0.823 bits per heavy atom. The lowest BCUT2D eigenvalue weighted by atomic mass is 9.34. The zero-order valence-electron chi connectivity index (χ0n) is 36.3. The van der Waals surface area contributed by atoms with Gasteiger partial charge >= 0.3 is 0 Å². The predicted molar refractivity (Wildman–Crippen MR) is 262 cm³/mol. The molecule has 0 fully saturated rings. The fourth-order valence-corrected chi connectivity index (χ4v) is 9.26. The molecule has 62 heavy (non-hydrogen) atoms. The zero-order chi connectivity index (χ0) is 42.7. The van der Waals surface area contributed by atoms with Crippen molar-refractivity contribution in [2.24, 2.45) is 0 Å². The molecular weight excluding hydrogens is 751 g/mol. The van der Waals surface area contributed by atoms with E-state index in [1.807, 2.05) is 24.3 Å². The average Bonchev–Trinajstić information content (AvgIpc) is 3.29. The first-order valence-corrected chi connectivity index (χ1v) is 21.4. The minimum atomic E-state index is 0.0423. The average molecular weight is 801 g/mol. The first kappa shape index (κ1) is 40.1. The molecule has 0 radical (unpaired) electrons. The number of rotatable bonds is 10. The summed E-state index contributed by atoms with van der Waals surface area (Å²) in [5.41, 5.74) is 19.9. The maximum atomic E-state index is 5.37. The molecule has 8 aromatic carbocycles. The van der Waals surface area contributed by atoms with Gasteiger partial charge in [-0.15, -0.1) is 0 Å². The van der Waals surface area contributed by atoms with Crippen molar-refractivity contribution in [1.82, 2.24) is 15.0 Å². The van der Waals surface area contributed by atoms with Crippen molar-refractivity contribution in [2.45, 2.75) is 41.5 Å². The van der Waals surface area contributed by atoms with Crippen LogP contribution >= 0.6 is 0 Å². The van der Waals surface area contributed by atoms with E-state index in [0.717, 1.165) is 44.8 Å². The van der Waals surface area contributed by atoms with E-state index in [4.69, 9.17) is 15.0 Å². The molecule has 4 nitrogen and oxygen atoms in total. The highest BCUT2D eigenvalue weighted by Gasteiger charge is 2.29. The van der Waals surface area contributed by atoms with Gasteiger partial charge in [0.25, 0.3) is 0 Å². The van der Waals surface area contributed by atoms with Crippen LogP contribution in [0.15, 0.2) is 188 Å². The van der Waals surface area contributed by atoms with Crippen LogP contribution in [0, 0.1) is 41.5 Å². The van der Waals surface area contributed by atoms with Gasteiger partial charge in [-0.2, -0.15) is 9.97 Å². The van der Waals surface area contributed by atoms with E-state index < -0.39 is 0 Å². The number of benzene rings is 8. The first-order valence-electron chi connectivity index (χ1n) is 21.4. The van der Waals surface area contributed by atoms with Crippen LogP contribution in [-0.4, -0.2) is 21.7 Å². The van der Waals surface area contributed by atoms with Crippen LogP contribution in [0.3, 0.4) is 0 Å². The monoisotopic (exact) mass is 800 g/mol. The Morgan fingerprint density at radius 3 is 1.39 bits per heavy atom. The Morgan fingerprint density at radius 1 is 0.371 bits per heavy atom. The van der Waals surface area contributed by atoms with E-state index in [2.05, 4.69) is 210 Å². The predicted octanol–water partition coefficient (Wildman–Crippen LogP) is 12.4. The molecule has 0 spiro atoms. The van der Waals surface area contributed by atoms with E-state index in [-0.39, 0.29) is 6.71 Å². The third kappa shape index (κ3) is 8.10. The fourth-order valence-electron chi connectivity index (χ4n) is 9.26. The summed E-state index contributed by atoms with van der Waals surface area (Å²) in [7, 11) is 0. The maximum Gasteiger partial charge on any atom is 0.242 e. The lowest BCUT2D eigenvalue weighted by molar-refractivity contribution is 1.02. The smallest absolute Gasteiger partial charge is 0.242 e.